The molecule has 3 aromatic carbocycles. The van der Waals surface area contributed by atoms with Crippen LogP contribution in [0.15, 0.2) is 70.6 Å². The van der Waals surface area contributed by atoms with Crippen LogP contribution in [0.1, 0.15) is 16.7 Å². The lowest BCUT2D eigenvalue weighted by Crippen LogP contribution is -2.19. The highest BCUT2D eigenvalue weighted by atomic mass is 35.5. The molecule has 3 aromatic rings. The first-order chi connectivity index (χ1) is 15.9. The lowest BCUT2D eigenvalue weighted by atomic mass is 10.1. The first kappa shape index (κ1) is 23.2. The minimum atomic E-state index is -0.222. The van der Waals surface area contributed by atoms with Gasteiger partial charge in [0.1, 0.15) is 6.61 Å². The molecule has 1 saturated heterocycles. The molecule has 0 radical (unpaired) electrons. The fourth-order valence-electron chi connectivity index (χ4n) is 3.10. The van der Waals surface area contributed by atoms with Crippen molar-refractivity contribution < 1.29 is 14.3 Å². The Kier molecular flexibility index (Phi) is 7.28. The minimum absolute atomic E-state index is 0.222. The smallest absolute Gasteiger partial charge is 0.264 e. The Morgan fingerprint density at radius 2 is 1.82 bits per heavy atom. The number of hydrogen-bond donors (Lipinski definition) is 1. The lowest BCUT2D eigenvalue weighted by molar-refractivity contribution is -0.115. The number of thioether (sulfide) groups is 1. The summed E-state index contributed by atoms with van der Waals surface area (Å²) in [7, 11) is 1.54. The molecule has 0 aliphatic carbocycles. The van der Waals surface area contributed by atoms with Gasteiger partial charge in [-0.05, 0) is 60.7 Å². The van der Waals surface area contributed by atoms with E-state index >= 15 is 0 Å². The van der Waals surface area contributed by atoms with Crippen molar-refractivity contribution in [2.24, 2.45) is 4.99 Å². The van der Waals surface area contributed by atoms with Gasteiger partial charge in [0.25, 0.3) is 5.91 Å². The quantitative estimate of drug-likeness (QED) is 0.380. The van der Waals surface area contributed by atoms with Crippen LogP contribution < -0.4 is 14.8 Å². The molecule has 0 spiro atoms. The molecule has 4 rings (SSSR count). The number of rotatable bonds is 6. The average Bonchev–Trinajstić information content (AvgIpc) is 3.13. The number of hydrogen-bond acceptors (Lipinski definition) is 5. The van der Waals surface area contributed by atoms with Crippen molar-refractivity contribution in [3.05, 3.63) is 92.3 Å². The molecule has 1 aliphatic heterocycles. The number of carbonyl (C=O) groups excluding carboxylic acids is 1. The second-order valence-electron chi connectivity index (χ2n) is 7.23. The van der Waals surface area contributed by atoms with Crippen molar-refractivity contribution in [2.45, 2.75) is 13.5 Å². The van der Waals surface area contributed by atoms with E-state index in [1.165, 1.54) is 18.9 Å². The van der Waals surface area contributed by atoms with Crippen molar-refractivity contribution in [3.63, 3.8) is 0 Å². The molecule has 33 heavy (non-hydrogen) atoms. The molecular formula is C25H20Cl2N2O3S. The van der Waals surface area contributed by atoms with Gasteiger partial charge in [0, 0.05) is 10.6 Å². The topological polar surface area (TPSA) is 59.9 Å². The summed E-state index contributed by atoms with van der Waals surface area (Å²) in [5, 5.41) is 4.29. The Balaban J connectivity index is 1.54. The molecule has 0 saturated carbocycles. The van der Waals surface area contributed by atoms with Gasteiger partial charge >= 0.3 is 0 Å². The highest BCUT2D eigenvalue weighted by Gasteiger charge is 2.24. The molecule has 1 fully saturated rings. The Labute approximate surface area is 206 Å². The number of ether oxygens (including phenoxy) is 2. The van der Waals surface area contributed by atoms with Crippen molar-refractivity contribution in [1.29, 1.82) is 0 Å². The number of amides is 1. The number of halogens is 2. The van der Waals surface area contributed by atoms with E-state index in [1.807, 2.05) is 49.4 Å². The average molecular weight is 499 g/mol. The summed E-state index contributed by atoms with van der Waals surface area (Å²) in [6.07, 6.45) is 1.74. The van der Waals surface area contributed by atoms with Crippen LogP contribution in [0.2, 0.25) is 10.0 Å². The third-order valence-electron chi connectivity index (χ3n) is 4.79. The zero-order chi connectivity index (χ0) is 23.4. The van der Waals surface area contributed by atoms with Crippen LogP contribution in [0.5, 0.6) is 11.5 Å². The Morgan fingerprint density at radius 1 is 1.06 bits per heavy atom. The molecule has 5 nitrogen and oxygen atoms in total. The largest absolute Gasteiger partial charge is 0.493 e. The monoisotopic (exact) mass is 498 g/mol. The van der Waals surface area contributed by atoms with Gasteiger partial charge in [0.15, 0.2) is 16.7 Å². The summed E-state index contributed by atoms with van der Waals surface area (Å²) in [6.45, 7) is 2.25. The standard InChI is InChI=1S/C25H20Cl2N2O3S/c1-15-7-9-18(10-8-15)28-25-29-24(30)22(33-25)13-16-11-20(27)23(21(12-16)31-2)32-14-17-5-3-4-6-19(17)26/h3-13H,14H2,1-2H3,(H,28,29,30)/b22-13-. The van der Waals surface area contributed by atoms with Gasteiger partial charge in [-0.3, -0.25) is 4.79 Å². The van der Waals surface area contributed by atoms with Crippen molar-refractivity contribution >= 4 is 57.8 Å². The maximum atomic E-state index is 12.4. The van der Waals surface area contributed by atoms with Gasteiger partial charge in [-0.25, -0.2) is 4.99 Å². The van der Waals surface area contributed by atoms with E-state index < -0.39 is 0 Å². The number of carbonyl (C=O) groups is 1. The third kappa shape index (κ3) is 5.71. The van der Waals surface area contributed by atoms with Gasteiger partial charge in [-0.15, -0.1) is 0 Å². The van der Waals surface area contributed by atoms with Gasteiger partial charge in [0.2, 0.25) is 0 Å². The SMILES string of the molecule is COc1cc(/C=C2\SC(=Nc3ccc(C)cc3)NC2=O)cc(Cl)c1OCc1ccccc1Cl. The summed E-state index contributed by atoms with van der Waals surface area (Å²) in [5.74, 6) is 0.643. The van der Waals surface area contributed by atoms with Crippen molar-refractivity contribution in [2.75, 3.05) is 7.11 Å². The highest BCUT2D eigenvalue weighted by Crippen LogP contribution is 2.39. The summed E-state index contributed by atoms with van der Waals surface area (Å²) < 4.78 is 11.4. The molecule has 0 aromatic heterocycles. The summed E-state index contributed by atoms with van der Waals surface area (Å²) in [6, 6.07) is 18.7. The number of benzene rings is 3. The fraction of sp³-hybridized carbons (Fsp3) is 0.120. The van der Waals surface area contributed by atoms with E-state index in [9.17, 15) is 4.79 Å². The molecule has 1 N–H and O–H groups in total. The van der Waals surface area contributed by atoms with Gasteiger partial charge in [-0.1, -0.05) is 59.1 Å². The number of nitrogens with zero attached hydrogens (tertiary/aromatic N) is 1. The second-order valence-corrected chi connectivity index (χ2v) is 9.08. The number of aliphatic imine (C=N–C) groups is 1. The van der Waals surface area contributed by atoms with Crippen LogP contribution >= 0.6 is 35.0 Å². The molecule has 0 unspecified atom stereocenters. The van der Waals surface area contributed by atoms with Crippen molar-refractivity contribution in [3.8, 4) is 11.5 Å². The fourth-order valence-corrected chi connectivity index (χ4v) is 4.40. The predicted octanol–water partition coefficient (Wildman–Crippen LogP) is 6.78. The molecule has 0 atom stereocenters. The zero-order valence-electron chi connectivity index (χ0n) is 17.9. The number of methoxy groups -OCH3 is 1. The summed E-state index contributed by atoms with van der Waals surface area (Å²) in [4.78, 5) is 17.4. The van der Waals surface area contributed by atoms with E-state index in [0.717, 1.165) is 16.8 Å². The first-order valence-electron chi connectivity index (χ1n) is 10.0. The lowest BCUT2D eigenvalue weighted by Gasteiger charge is -2.14. The summed E-state index contributed by atoms with van der Waals surface area (Å²) >= 11 is 14.0. The molecule has 1 amide bonds. The van der Waals surface area contributed by atoms with E-state index in [0.29, 0.717) is 37.2 Å². The molecule has 1 heterocycles. The van der Waals surface area contributed by atoms with Gasteiger partial charge in [0.05, 0.1) is 22.7 Å². The van der Waals surface area contributed by atoms with Crippen molar-refractivity contribution in [1.82, 2.24) is 5.32 Å². The van der Waals surface area contributed by atoms with E-state index in [1.54, 1.807) is 24.3 Å². The minimum Gasteiger partial charge on any atom is -0.493 e. The van der Waals surface area contributed by atoms with Crippen LogP contribution in [-0.4, -0.2) is 18.2 Å². The Morgan fingerprint density at radius 3 is 2.55 bits per heavy atom. The molecule has 1 aliphatic rings. The third-order valence-corrected chi connectivity index (χ3v) is 6.35. The van der Waals surface area contributed by atoms with Crippen LogP contribution in [0, 0.1) is 6.92 Å². The van der Waals surface area contributed by atoms with E-state index in [-0.39, 0.29) is 12.5 Å². The number of aryl methyl sites for hydroxylation is 1. The van der Waals surface area contributed by atoms with Crippen LogP contribution in [0.4, 0.5) is 5.69 Å². The second kappa shape index (κ2) is 10.3. The van der Waals surface area contributed by atoms with Crippen LogP contribution in [0.3, 0.4) is 0 Å². The van der Waals surface area contributed by atoms with Gasteiger partial charge in [-0.2, -0.15) is 0 Å². The van der Waals surface area contributed by atoms with E-state index in [2.05, 4.69) is 10.3 Å². The maximum Gasteiger partial charge on any atom is 0.264 e. The zero-order valence-corrected chi connectivity index (χ0v) is 20.2. The maximum absolute atomic E-state index is 12.4. The molecule has 0 bridgehead atoms. The van der Waals surface area contributed by atoms with Crippen LogP contribution in [-0.2, 0) is 11.4 Å². The Hall–Kier alpha value is -2.93. The molecule has 8 heteroatoms. The molecular weight excluding hydrogens is 479 g/mol. The van der Waals surface area contributed by atoms with Gasteiger partial charge < -0.3 is 14.8 Å². The predicted molar refractivity (Wildman–Crippen MR) is 136 cm³/mol. The number of nitrogens with one attached hydrogen (secondary N) is 1. The highest BCUT2D eigenvalue weighted by molar-refractivity contribution is 8.18. The number of amidine groups is 1. The summed E-state index contributed by atoms with van der Waals surface area (Å²) in [5.41, 5.74) is 3.46. The van der Waals surface area contributed by atoms with Crippen LogP contribution in [0.25, 0.3) is 6.08 Å². The van der Waals surface area contributed by atoms with E-state index in [4.69, 9.17) is 32.7 Å². The Bertz CT molecular complexity index is 1260. The normalized spacial score (nSPS) is 15.7. The molecule has 168 valence electrons. The first-order valence-corrected chi connectivity index (χ1v) is 11.6.